The van der Waals surface area contributed by atoms with Gasteiger partial charge in [0, 0.05) is 23.6 Å². The first-order valence-electron chi connectivity index (χ1n) is 6.14. The Labute approximate surface area is 116 Å². The van der Waals surface area contributed by atoms with Gasteiger partial charge in [0.1, 0.15) is 0 Å². The van der Waals surface area contributed by atoms with Crippen LogP contribution < -0.4 is 16.0 Å². The minimum absolute atomic E-state index is 0.0165. The van der Waals surface area contributed by atoms with Crippen LogP contribution in [0.3, 0.4) is 0 Å². The summed E-state index contributed by atoms with van der Waals surface area (Å²) in [7, 11) is 0. The first-order chi connectivity index (χ1) is 8.58. The van der Waals surface area contributed by atoms with E-state index in [-0.39, 0.29) is 11.9 Å². The molecule has 1 amide bonds. The molecule has 1 aromatic carbocycles. The Morgan fingerprint density at radius 1 is 1.50 bits per heavy atom. The summed E-state index contributed by atoms with van der Waals surface area (Å²) >= 11 is 3.57. The van der Waals surface area contributed by atoms with Gasteiger partial charge in [0.25, 0.3) is 0 Å². The third-order valence-corrected chi connectivity index (χ3v) is 3.73. The van der Waals surface area contributed by atoms with Crippen LogP contribution in [0.5, 0.6) is 0 Å². The lowest BCUT2D eigenvalue weighted by atomic mass is 10.1. The maximum Gasteiger partial charge on any atom is 0.239 e. The van der Waals surface area contributed by atoms with Crippen LogP contribution in [0.2, 0.25) is 0 Å². The van der Waals surface area contributed by atoms with E-state index >= 15 is 0 Å². The minimum Gasteiger partial charge on any atom is -0.361 e. The van der Waals surface area contributed by atoms with Gasteiger partial charge in [0.2, 0.25) is 5.91 Å². The third-order valence-electron chi connectivity index (χ3n) is 3.10. The summed E-state index contributed by atoms with van der Waals surface area (Å²) in [4.78, 5) is 13.7. The smallest absolute Gasteiger partial charge is 0.239 e. The molecule has 0 bridgehead atoms. The van der Waals surface area contributed by atoms with Gasteiger partial charge in [-0.2, -0.15) is 0 Å². The van der Waals surface area contributed by atoms with Crippen molar-refractivity contribution in [3.8, 4) is 0 Å². The van der Waals surface area contributed by atoms with E-state index in [0.29, 0.717) is 6.54 Å². The zero-order valence-corrected chi connectivity index (χ0v) is 12.0. The van der Waals surface area contributed by atoms with Gasteiger partial charge in [-0.25, -0.2) is 0 Å². The van der Waals surface area contributed by atoms with Gasteiger partial charge in [0.15, 0.2) is 0 Å². The lowest BCUT2D eigenvalue weighted by Crippen LogP contribution is -2.33. The summed E-state index contributed by atoms with van der Waals surface area (Å²) in [6.07, 6.45) is 0.965. The van der Waals surface area contributed by atoms with Crippen molar-refractivity contribution in [1.29, 1.82) is 0 Å². The van der Waals surface area contributed by atoms with Crippen molar-refractivity contribution in [2.75, 3.05) is 24.5 Å². The Morgan fingerprint density at radius 2 is 2.28 bits per heavy atom. The Hall–Kier alpha value is -1.07. The van der Waals surface area contributed by atoms with E-state index in [0.717, 1.165) is 35.2 Å². The molecule has 0 aromatic heterocycles. The number of hydrogen-bond donors (Lipinski definition) is 2. The van der Waals surface area contributed by atoms with Crippen molar-refractivity contribution >= 4 is 27.5 Å². The summed E-state index contributed by atoms with van der Waals surface area (Å²) in [5.41, 5.74) is 8.00. The predicted octanol–water partition coefficient (Wildman–Crippen LogP) is 1.80. The van der Waals surface area contributed by atoms with Crippen molar-refractivity contribution in [2.24, 2.45) is 5.73 Å². The number of nitrogens with zero attached hydrogens (tertiary/aromatic N) is 1. The van der Waals surface area contributed by atoms with E-state index in [2.05, 4.69) is 26.1 Å². The molecule has 0 radical (unpaired) electrons. The molecule has 0 saturated carbocycles. The highest BCUT2D eigenvalue weighted by Crippen LogP contribution is 2.29. The normalized spacial score (nSPS) is 18.2. The van der Waals surface area contributed by atoms with Gasteiger partial charge < -0.3 is 16.0 Å². The number of amides is 1. The van der Waals surface area contributed by atoms with Crippen molar-refractivity contribution in [3.05, 3.63) is 28.2 Å². The van der Waals surface area contributed by atoms with Gasteiger partial charge in [0.05, 0.1) is 12.2 Å². The molecule has 0 spiro atoms. The van der Waals surface area contributed by atoms with Crippen LogP contribution in [0.1, 0.15) is 24.9 Å². The van der Waals surface area contributed by atoms with Crippen molar-refractivity contribution in [2.45, 2.75) is 19.4 Å². The molecule has 3 N–H and O–H groups in total. The standard InChI is InChI=1S/C13H18BrN3O/c1-9(15)10-3-4-12(11(14)7-10)17-6-2-5-16-13(18)8-17/h3-4,7,9H,2,5-6,8,15H2,1H3,(H,16,18)/t9-/m1/s1. The minimum atomic E-state index is 0.0165. The molecule has 1 heterocycles. The second-order valence-electron chi connectivity index (χ2n) is 4.62. The average molecular weight is 312 g/mol. The summed E-state index contributed by atoms with van der Waals surface area (Å²) < 4.78 is 0.993. The fraction of sp³-hybridized carbons (Fsp3) is 0.462. The van der Waals surface area contributed by atoms with Crippen LogP contribution in [0.4, 0.5) is 5.69 Å². The summed E-state index contributed by atoms with van der Waals surface area (Å²) in [5, 5.41) is 2.88. The molecular formula is C13H18BrN3O. The van der Waals surface area contributed by atoms with Crippen molar-refractivity contribution < 1.29 is 4.79 Å². The van der Waals surface area contributed by atoms with E-state index in [1.807, 2.05) is 25.1 Å². The fourth-order valence-corrected chi connectivity index (χ4v) is 2.72. The van der Waals surface area contributed by atoms with Crippen LogP contribution in [-0.4, -0.2) is 25.5 Å². The predicted molar refractivity (Wildman–Crippen MR) is 76.6 cm³/mol. The Kier molecular flexibility index (Phi) is 4.24. The zero-order valence-electron chi connectivity index (χ0n) is 10.4. The fourth-order valence-electron chi connectivity index (χ4n) is 2.07. The Balaban J connectivity index is 2.24. The number of nitrogens with two attached hydrogens (primary N) is 1. The molecule has 0 aliphatic carbocycles. The van der Waals surface area contributed by atoms with Crippen molar-refractivity contribution in [1.82, 2.24) is 5.32 Å². The molecule has 98 valence electrons. The van der Waals surface area contributed by atoms with Gasteiger partial charge >= 0.3 is 0 Å². The molecule has 2 rings (SSSR count). The Bertz CT molecular complexity index is 448. The van der Waals surface area contributed by atoms with Gasteiger partial charge in [-0.3, -0.25) is 4.79 Å². The SMILES string of the molecule is C[C@@H](N)c1ccc(N2CCCNC(=O)C2)c(Br)c1. The molecule has 1 saturated heterocycles. The molecule has 1 aromatic rings. The number of halogens is 1. The highest BCUT2D eigenvalue weighted by atomic mass is 79.9. The number of benzene rings is 1. The second-order valence-corrected chi connectivity index (χ2v) is 5.48. The molecule has 0 unspecified atom stereocenters. The zero-order chi connectivity index (χ0) is 13.1. The van der Waals surface area contributed by atoms with Crippen molar-refractivity contribution in [3.63, 3.8) is 0 Å². The maximum absolute atomic E-state index is 11.6. The van der Waals surface area contributed by atoms with E-state index < -0.39 is 0 Å². The highest BCUT2D eigenvalue weighted by molar-refractivity contribution is 9.10. The van der Waals surface area contributed by atoms with Crippen LogP contribution in [0, 0.1) is 0 Å². The van der Waals surface area contributed by atoms with Gasteiger partial charge in [-0.1, -0.05) is 6.07 Å². The quantitative estimate of drug-likeness (QED) is 0.875. The summed E-state index contributed by atoms with van der Waals surface area (Å²) in [6, 6.07) is 6.10. The number of rotatable bonds is 2. The number of anilines is 1. The molecule has 18 heavy (non-hydrogen) atoms. The first-order valence-corrected chi connectivity index (χ1v) is 6.94. The van der Waals surface area contributed by atoms with Crippen LogP contribution >= 0.6 is 15.9 Å². The second kappa shape index (κ2) is 5.71. The van der Waals surface area contributed by atoms with Crippen LogP contribution in [0.15, 0.2) is 22.7 Å². The van der Waals surface area contributed by atoms with Crippen LogP contribution in [0.25, 0.3) is 0 Å². The van der Waals surface area contributed by atoms with Gasteiger partial charge in [-0.05, 0) is 47.0 Å². The summed E-state index contributed by atoms with van der Waals surface area (Å²) in [6.45, 7) is 4.01. The lowest BCUT2D eigenvalue weighted by molar-refractivity contribution is -0.119. The summed E-state index contributed by atoms with van der Waals surface area (Å²) in [5.74, 6) is 0.0793. The molecule has 1 atom stereocenters. The Morgan fingerprint density at radius 3 is 2.94 bits per heavy atom. The average Bonchev–Trinajstić information content (AvgIpc) is 2.53. The van der Waals surface area contributed by atoms with E-state index in [9.17, 15) is 4.79 Å². The number of carbonyl (C=O) groups excluding carboxylic acids is 1. The topological polar surface area (TPSA) is 58.4 Å². The number of hydrogen-bond acceptors (Lipinski definition) is 3. The number of nitrogens with one attached hydrogen (secondary N) is 1. The highest BCUT2D eigenvalue weighted by Gasteiger charge is 2.17. The molecule has 4 nitrogen and oxygen atoms in total. The molecule has 1 aliphatic rings. The molecular weight excluding hydrogens is 294 g/mol. The molecule has 1 aliphatic heterocycles. The maximum atomic E-state index is 11.6. The van der Waals surface area contributed by atoms with E-state index in [1.54, 1.807) is 0 Å². The first kappa shape index (κ1) is 13.4. The monoisotopic (exact) mass is 311 g/mol. The van der Waals surface area contributed by atoms with E-state index in [1.165, 1.54) is 0 Å². The lowest BCUT2D eigenvalue weighted by Gasteiger charge is -2.23. The third kappa shape index (κ3) is 3.03. The number of carbonyl (C=O) groups is 1. The molecule has 5 heteroatoms. The molecule has 1 fully saturated rings. The largest absolute Gasteiger partial charge is 0.361 e. The van der Waals surface area contributed by atoms with E-state index in [4.69, 9.17) is 5.73 Å². The van der Waals surface area contributed by atoms with Crippen LogP contribution in [-0.2, 0) is 4.79 Å². The van der Waals surface area contributed by atoms with Gasteiger partial charge in [-0.15, -0.1) is 0 Å².